The van der Waals surface area contributed by atoms with Gasteiger partial charge in [-0.25, -0.2) is 4.39 Å². The van der Waals surface area contributed by atoms with Gasteiger partial charge in [-0.05, 0) is 60.7 Å². The summed E-state index contributed by atoms with van der Waals surface area (Å²) in [5, 5.41) is 10.8. The lowest BCUT2D eigenvalue weighted by molar-refractivity contribution is -0.387. The number of carbonyl (C=O) groups excluding carboxylic acids is 1. The summed E-state index contributed by atoms with van der Waals surface area (Å²) in [6.45, 7) is 1.98. The van der Waals surface area contributed by atoms with Crippen molar-refractivity contribution in [2.45, 2.75) is 38.6 Å². The molecule has 1 saturated carbocycles. The largest absolute Gasteiger partial charge is 0.453 e. The third-order valence-corrected chi connectivity index (χ3v) is 5.90. The Bertz CT molecular complexity index is 1030. The average molecular weight is 467 g/mol. The van der Waals surface area contributed by atoms with Crippen LogP contribution in [0.1, 0.15) is 31.7 Å². The van der Waals surface area contributed by atoms with E-state index in [0.29, 0.717) is 40.7 Å². The third-order valence-electron chi connectivity index (χ3n) is 5.27. The SMILES string of the molecule is C[C@H]1CCc2c(ccc(Br)c2Oc2cc(F)c([N+](=O)[O-])cc2F)N1C(=O)C1CC1. The van der Waals surface area contributed by atoms with Crippen molar-refractivity contribution in [3.63, 3.8) is 0 Å². The van der Waals surface area contributed by atoms with E-state index in [9.17, 15) is 23.7 Å². The minimum absolute atomic E-state index is 0.0261. The molecule has 152 valence electrons. The number of hydrogen-bond donors (Lipinski definition) is 0. The summed E-state index contributed by atoms with van der Waals surface area (Å²) >= 11 is 3.37. The molecule has 9 heteroatoms. The van der Waals surface area contributed by atoms with Crippen LogP contribution >= 0.6 is 15.9 Å². The number of hydrogen-bond acceptors (Lipinski definition) is 4. The predicted octanol–water partition coefficient (Wildman–Crippen LogP) is 5.51. The molecule has 0 N–H and O–H groups in total. The molecule has 2 aromatic carbocycles. The summed E-state index contributed by atoms with van der Waals surface area (Å²) in [5.41, 5.74) is 0.449. The average Bonchev–Trinajstić information content (AvgIpc) is 3.51. The van der Waals surface area contributed by atoms with Crippen LogP contribution in [-0.4, -0.2) is 16.9 Å². The highest BCUT2D eigenvalue weighted by Crippen LogP contribution is 2.45. The van der Waals surface area contributed by atoms with Crippen molar-refractivity contribution < 1.29 is 23.2 Å². The molecule has 29 heavy (non-hydrogen) atoms. The summed E-state index contributed by atoms with van der Waals surface area (Å²) in [5.74, 6) is -2.31. The first kappa shape index (κ1) is 19.8. The van der Waals surface area contributed by atoms with Gasteiger partial charge in [-0.1, -0.05) is 0 Å². The van der Waals surface area contributed by atoms with Crippen LogP contribution in [0.15, 0.2) is 28.7 Å². The molecule has 1 aliphatic carbocycles. The molecule has 0 aromatic heterocycles. The highest BCUT2D eigenvalue weighted by atomic mass is 79.9. The van der Waals surface area contributed by atoms with Gasteiger partial charge < -0.3 is 9.64 Å². The molecule has 0 radical (unpaired) electrons. The van der Waals surface area contributed by atoms with Crippen LogP contribution in [-0.2, 0) is 11.2 Å². The minimum Gasteiger partial charge on any atom is -0.453 e. The number of amides is 1. The van der Waals surface area contributed by atoms with Crippen LogP contribution in [0.5, 0.6) is 11.5 Å². The van der Waals surface area contributed by atoms with E-state index < -0.39 is 28.0 Å². The quantitative estimate of drug-likeness (QED) is 0.440. The van der Waals surface area contributed by atoms with Crippen molar-refractivity contribution in [3.05, 3.63) is 56.1 Å². The molecule has 4 rings (SSSR count). The fraction of sp³-hybridized carbons (Fsp3) is 0.350. The molecule has 6 nitrogen and oxygen atoms in total. The van der Waals surface area contributed by atoms with Gasteiger partial charge in [0, 0.05) is 23.6 Å². The lowest BCUT2D eigenvalue weighted by Crippen LogP contribution is -2.43. The Morgan fingerprint density at radius 2 is 1.97 bits per heavy atom. The fourth-order valence-corrected chi connectivity index (χ4v) is 4.05. The fourth-order valence-electron chi connectivity index (χ4n) is 3.60. The number of carbonyl (C=O) groups is 1. The standard InChI is InChI=1S/C20H17BrF2N2O4/c1-10-2-5-12-16(24(10)20(26)11-3-4-11)7-6-13(21)19(12)29-18-9-14(22)17(25(27)28)8-15(18)23/h6-11H,2-5H2,1H3/t10-/m0/s1. The Kier molecular flexibility index (Phi) is 5.02. The molecule has 0 saturated heterocycles. The van der Waals surface area contributed by atoms with Gasteiger partial charge in [0.1, 0.15) is 5.75 Å². The van der Waals surface area contributed by atoms with E-state index in [1.807, 2.05) is 13.0 Å². The maximum Gasteiger partial charge on any atom is 0.307 e. The highest BCUT2D eigenvalue weighted by molar-refractivity contribution is 9.10. The van der Waals surface area contributed by atoms with E-state index in [0.717, 1.165) is 12.8 Å². The number of ether oxygens (including phenoxy) is 1. The van der Waals surface area contributed by atoms with Crippen molar-refractivity contribution in [2.75, 3.05) is 4.90 Å². The lowest BCUT2D eigenvalue weighted by atomic mass is 9.95. The van der Waals surface area contributed by atoms with Gasteiger partial charge in [0.15, 0.2) is 11.6 Å². The topological polar surface area (TPSA) is 72.7 Å². The molecule has 0 spiro atoms. The molecule has 1 fully saturated rings. The van der Waals surface area contributed by atoms with Gasteiger partial charge in [0.05, 0.1) is 21.1 Å². The molecule has 2 aliphatic rings. The normalized spacial score (nSPS) is 18.3. The van der Waals surface area contributed by atoms with E-state index in [-0.39, 0.29) is 23.6 Å². The first-order chi connectivity index (χ1) is 13.8. The van der Waals surface area contributed by atoms with Crippen molar-refractivity contribution in [1.82, 2.24) is 0 Å². The Balaban J connectivity index is 1.75. The summed E-state index contributed by atoms with van der Waals surface area (Å²) < 4.78 is 34.5. The number of benzene rings is 2. The van der Waals surface area contributed by atoms with Crippen LogP contribution in [0.2, 0.25) is 0 Å². The van der Waals surface area contributed by atoms with Crippen LogP contribution in [0.25, 0.3) is 0 Å². The van der Waals surface area contributed by atoms with Crippen molar-refractivity contribution in [3.8, 4) is 11.5 Å². The second-order valence-corrected chi connectivity index (χ2v) is 8.19. The summed E-state index contributed by atoms with van der Waals surface area (Å²) in [6, 6.07) is 4.70. The number of halogens is 3. The lowest BCUT2D eigenvalue weighted by Gasteiger charge is -2.36. The number of rotatable bonds is 4. The minimum atomic E-state index is -1.19. The summed E-state index contributed by atoms with van der Waals surface area (Å²) in [4.78, 5) is 24.4. The highest BCUT2D eigenvalue weighted by Gasteiger charge is 2.39. The van der Waals surface area contributed by atoms with Gasteiger partial charge >= 0.3 is 5.69 Å². The molecule has 1 heterocycles. The van der Waals surface area contributed by atoms with Crippen LogP contribution in [0, 0.1) is 27.7 Å². The second kappa shape index (κ2) is 7.37. The molecule has 1 aliphatic heterocycles. The van der Waals surface area contributed by atoms with Gasteiger partial charge in [0.2, 0.25) is 11.7 Å². The predicted molar refractivity (Wildman–Crippen MR) is 105 cm³/mol. The van der Waals surface area contributed by atoms with E-state index >= 15 is 0 Å². The van der Waals surface area contributed by atoms with E-state index in [2.05, 4.69) is 15.9 Å². The van der Waals surface area contributed by atoms with Gasteiger partial charge in [0.25, 0.3) is 0 Å². The maximum atomic E-state index is 14.3. The Morgan fingerprint density at radius 1 is 1.24 bits per heavy atom. The van der Waals surface area contributed by atoms with Gasteiger partial charge in [-0.3, -0.25) is 14.9 Å². The number of nitrogens with zero attached hydrogens (tertiary/aromatic N) is 2. The second-order valence-electron chi connectivity index (χ2n) is 7.34. The third kappa shape index (κ3) is 3.59. The number of nitro groups is 1. The zero-order valence-corrected chi connectivity index (χ0v) is 17.0. The van der Waals surface area contributed by atoms with Crippen LogP contribution < -0.4 is 9.64 Å². The zero-order valence-electron chi connectivity index (χ0n) is 15.5. The van der Waals surface area contributed by atoms with Gasteiger partial charge in [-0.2, -0.15) is 4.39 Å². The van der Waals surface area contributed by atoms with Crippen molar-refractivity contribution in [1.29, 1.82) is 0 Å². The Hall–Kier alpha value is -2.55. The van der Waals surface area contributed by atoms with E-state index in [1.165, 1.54) is 0 Å². The molecule has 0 unspecified atom stereocenters. The number of nitro benzene ring substituents is 1. The smallest absolute Gasteiger partial charge is 0.307 e. The first-order valence-electron chi connectivity index (χ1n) is 9.23. The summed E-state index contributed by atoms with van der Waals surface area (Å²) in [7, 11) is 0. The van der Waals surface area contributed by atoms with E-state index in [4.69, 9.17) is 4.74 Å². The maximum absolute atomic E-state index is 14.3. The summed E-state index contributed by atoms with van der Waals surface area (Å²) in [6.07, 6.45) is 3.06. The zero-order chi connectivity index (χ0) is 20.9. The Morgan fingerprint density at radius 3 is 2.62 bits per heavy atom. The van der Waals surface area contributed by atoms with Crippen LogP contribution in [0.4, 0.5) is 20.2 Å². The van der Waals surface area contributed by atoms with Gasteiger partial charge in [-0.15, -0.1) is 0 Å². The number of anilines is 1. The first-order valence-corrected chi connectivity index (χ1v) is 10.0. The molecule has 1 atom stereocenters. The van der Waals surface area contributed by atoms with Crippen molar-refractivity contribution in [2.24, 2.45) is 5.92 Å². The molecule has 2 aromatic rings. The molecule has 0 bridgehead atoms. The molecule has 1 amide bonds. The van der Waals surface area contributed by atoms with E-state index in [1.54, 1.807) is 11.0 Å². The monoisotopic (exact) mass is 466 g/mol. The van der Waals surface area contributed by atoms with Crippen LogP contribution in [0.3, 0.4) is 0 Å². The molecular weight excluding hydrogens is 450 g/mol. The molecular formula is C20H17BrF2N2O4. The Labute approximate surface area is 173 Å². The number of fused-ring (bicyclic) bond motifs is 1. The van der Waals surface area contributed by atoms with Crippen molar-refractivity contribution >= 4 is 33.2 Å².